The van der Waals surface area contributed by atoms with Gasteiger partial charge in [0.1, 0.15) is 12.4 Å². The molecule has 6 heteroatoms. The quantitative estimate of drug-likeness (QED) is 0.321. The van der Waals surface area contributed by atoms with E-state index in [1.54, 1.807) is 6.08 Å². The van der Waals surface area contributed by atoms with Crippen LogP contribution in [0.2, 0.25) is 5.02 Å². The van der Waals surface area contributed by atoms with E-state index in [-0.39, 0.29) is 5.91 Å². The van der Waals surface area contributed by atoms with E-state index in [0.29, 0.717) is 16.8 Å². The Labute approximate surface area is 189 Å². The van der Waals surface area contributed by atoms with Gasteiger partial charge in [0, 0.05) is 22.0 Å². The summed E-state index contributed by atoms with van der Waals surface area (Å²) < 4.78 is 5.78. The summed E-state index contributed by atoms with van der Waals surface area (Å²) in [6, 6.07) is 25.1. The third-order valence-electron chi connectivity index (χ3n) is 4.44. The third kappa shape index (κ3) is 5.81. The number of carbonyl (C=O) groups excluding carboxylic acids is 1. The molecule has 0 aliphatic heterocycles. The van der Waals surface area contributed by atoms with Gasteiger partial charge in [0.15, 0.2) is 5.13 Å². The Morgan fingerprint density at radius 1 is 1.00 bits per heavy atom. The zero-order valence-electron chi connectivity index (χ0n) is 16.5. The van der Waals surface area contributed by atoms with Crippen LogP contribution in [0.15, 0.2) is 90.3 Å². The summed E-state index contributed by atoms with van der Waals surface area (Å²) in [5, 5.41) is 5.80. The first-order valence-corrected chi connectivity index (χ1v) is 10.9. The highest BCUT2D eigenvalue weighted by atomic mass is 35.5. The summed E-state index contributed by atoms with van der Waals surface area (Å²) in [5.41, 5.74) is 3.59. The minimum absolute atomic E-state index is 0.246. The summed E-state index contributed by atoms with van der Waals surface area (Å²) >= 11 is 7.57. The lowest BCUT2D eigenvalue weighted by Gasteiger charge is -2.06. The molecule has 1 N–H and O–H groups in total. The Morgan fingerprint density at radius 2 is 1.74 bits per heavy atom. The fourth-order valence-electron chi connectivity index (χ4n) is 2.86. The number of nitrogens with one attached hydrogen (secondary N) is 1. The fraction of sp³-hybridized carbons (Fsp3) is 0.0400. The van der Waals surface area contributed by atoms with Gasteiger partial charge in [0.05, 0.1) is 5.69 Å². The molecule has 0 atom stereocenters. The van der Waals surface area contributed by atoms with Gasteiger partial charge in [-0.15, -0.1) is 11.3 Å². The van der Waals surface area contributed by atoms with Crippen LogP contribution in [0.4, 0.5) is 5.13 Å². The van der Waals surface area contributed by atoms with Crippen molar-refractivity contribution in [3.63, 3.8) is 0 Å². The average molecular weight is 447 g/mol. The lowest BCUT2D eigenvalue weighted by molar-refractivity contribution is -0.111. The minimum Gasteiger partial charge on any atom is -0.489 e. The van der Waals surface area contributed by atoms with Gasteiger partial charge in [-0.2, -0.15) is 0 Å². The lowest BCUT2D eigenvalue weighted by atomic mass is 10.2. The predicted octanol–water partition coefficient (Wildman–Crippen LogP) is 6.69. The van der Waals surface area contributed by atoms with Crippen molar-refractivity contribution < 1.29 is 9.53 Å². The molecule has 1 amide bonds. The number of aromatic nitrogens is 1. The highest BCUT2D eigenvalue weighted by Gasteiger charge is 2.09. The normalized spacial score (nSPS) is 10.9. The van der Waals surface area contributed by atoms with E-state index in [2.05, 4.69) is 10.3 Å². The van der Waals surface area contributed by atoms with Crippen LogP contribution in [0, 0.1) is 0 Å². The minimum atomic E-state index is -0.246. The van der Waals surface area contributed by atoms with Crippen LogP contribution in [0.25, 0.3) is 17.3 Å². The molecule has 0 unspecified atom stereocenters. The average Bonchev–Trinajstić information content (AvgIpc) is 3.26. The summed E-state index contributed by atoms with van der Waals surface area (Å²) in [7, 11) is 0. The number of benzene rings is 3. The number of nitrogens with zero attached hydrogens (tertiary/aromatic N) is 1. The zero-order valence-corrected chi connectivity index (χ0v) is 18.1. The molecular weight excluding hydrogens is 428 g/mol. The maximum absolute atomic E-state index is 12.2. The van der Waals surface area contributed by atoms with Gasteiger partial charge in [0.25, 0.3) is 0 Å². The van der Waals surface area contributed by atoms with Crippen LogP contribution in [0.5, 0.6) is 5.75 Å². The van der Waals surface area contributed by atoms with Crippen molar-refractivity contribution in [3.8, 4) is 17.0 Å². The van der Waals surface area contributed by atoms with Crippen molar-refractivity contribution in [1.29, 1.82) is 0 Å². The number of anilines is 1. The molecule has 3 aromatic carbocycles. The van der Waals surface area contributed by atoms with Crippen molar-refractivity contribution in [3.05, 3.63) is 106 Å². The van der Waals surface area contributed by atoms with Gasteiger partial charge in [0.2, 0.25) is 5.91 Å². The molecule has 0 aliphatic carbocycles. The number of ether oxygens (including phenoxy) is 1. The van der Waals surface area contributed by atoms with Gasteiger partial charge >= 0.3 is 0 Å². The summed E-state index contributed by atoms with van der Waals surface area (Å²) in [4.78, 5) is 16.7. The van der Waals surface area contributed by atoms with E-state index in [9.17, 15) is 4.79 Å². The Balaban J connectivity index is 1.31. The Bertz CT molecular complexity index is 1190. The van der Waals surface area contributed by atoms with Crippen LogP contribution in [0.1, 0.15) is 11.1 Å². The SMILES string of the molecule is O=C(/C=C/c1ccc(OCc2ccccc2)cc1)Nc1nc(-c2ccccc2Cl)cs1. The number of halogens is 1. The van der Waals surface area contributed by atoms with Crippen LogP contribution < -0.4 is 10.1 Å². The number of carbonyl (C=O) groups is 1. The largest absolute Gasteiger partial charge is 0.489 e. The van der Waals surface area contributed by atoms with Gasteiger partial charge < -0.3 is 4.74 Å². The molecule has 31 heavy (non-hydrogen) atoms. The Morgan fingerprint density at radius 3 is 2.52 bits per heavy atom. The van der Waals surface area contributed by atoms with E-state index in [4.69, 9.17) is 16.3 Å². The van der Waals surface area contributed by atoms with E-state index in [1.165, 1.54) is 17.4 Å². The van der Waals surface area contributed by atoms with Crippen LogP contribution >= 0.6 is 22.9 Å². The molecule has 1 aromatic heterocycles. The number of thiazole rings is 1. The zero-order chi connectivity index (χ0) is 21.5. The first-order valence-electron chi connectivity index (χ1n) is 9.64. The summed E-state index contributed by atoms with van der Waals surface area (Å²) in [6.45, 7) is 0.516. The lowest BCUT2D eigenvalue weighted by Crippen LogP contribution is -2.07. The van der Waals surface area contributed by atoms with Crippen molar-refractivity contribution in [2.45, 2.75) is 6.61 Å². The van der Waals surface area contributed by atoms with Gasteiger partial charge in [-0.1, -0.05) is 72.3 Å². The molecule has 0 saturated carbocycles. The molecule has 0 radical (unpaired) electrons. The highest BCUT2D eigenvalue weighted by molar-refractivity contribution is 7.14. The molecule has 4 nitrogen and oxygen atoms in total. The van der Waals surface area contributed by atoms with Crippen LogP contribution in [0.3, 0.4) is 0 Å². The van der Waals surface area contributed by atoms with Gasteiger partial charge in [-0.3, -0.25) is 10.1 Å². The maximum Gasteiger partial charge on any atom is 0.250 e. The summed E-state index contributed by atoms with van der Waals surface area (Å²) in [5.74, 6) is 0.532. The number of hydrogen-bond donors (Lipinski definition) is 1. The van der Waals surface area contributed by atoms with Crippen molar-refractivity contribution in [2.75, 3.05) is 5.32 Å². The van der Waals surface area contributed by atoms with Gasteiger partial charge in [-0.25, -0.2) is 4.98 Å². The van der Waals surface area contributed by atoms with Crippen molar-refractivity contribution in [2.24, 2.45) is 0 Å². The monoisotopic (exact) mass is 446 g/mol. The second-order valence-corrected chi connectivity index (χ2v) is 7.95. The van der Waals surface area contributed by atoms with E-state index < -0.39 is 0 Å². The smallest absolute Gasteiger partial charge is 0.250 e. The molecule has 0 fully saturated rings. The predicted molar refractivity (Wildman–Crippen MR) is 127 cm³/mol. The molecule has 0 bridgehead atoms. The standard InChI is InChI=1S/C25H19ClN2O2S/c26-22-9-5-4-8-21(22)23-17-31-25(27-23)28-24(29)15-12-18-10-13-20(14-11-18)30-16-19-6-2-1-3-7-19/h1-15,17H,16H2,(H,27,28,29)/b15-12+. The van der Waals surface area contributed by atoms with Gasteiger partial charge in [-0.05, 0) is 35.4 Å². The fourth-order valence-corrected chi connectivity index (χ4v) is 3.80. The molecule has 4 rings (SSSR count). The molecular formula is C25H19ClN2O2S. The molecule has 1 heterocycles. The molecule has 0 aliphatic rings. The first-order chi connectivity index (χ1) is 15.2. The third-order valence-corrected chi connectivity index (χ3v) is 5.53. The van der Waals surface area contributed by atoms with E-state index in [1.807, 2.05) is 84.2 Å². The number of rotatable bonds is 7. The Kier molecular flexibility index (Phi) is 6.77. The van der Waals surface area contributed by atoms with Crippen molar-refractivity contribution >= 4 is 40.1 Å². The van der Waals surface area contributed by atoms with E-state index in [0.717, 1.165) is 28.1 Å². The second kappa shape index (κ2) is 10.1. The first kappa shape index (κ1) is 20.8. The summed E-state index contributed by atoms with van der Waals surface area (Å²) in [6.07, 6.45) is 3.23. The van der Waals surface area contributed by atoms with E-state index >= 15 is 0 Å². The topological polar surface area (TPSA) is 51.2 Å². The molecule has 4 aromatic rings. The molecule has 154 valence electrons. The number of hydrogen-bond acceptors (Lipinski definition) is 4. The Hall–Kier alpha value is -3.41. The van der Waals surface area contributed by atoms with Crippen LogP contribution in [-0.2, 0) is 11.4 Å². The molecule has 0 saturated heterocycles. The molecule has 0 spiro atoms. The maximum atomic E-state index is 12.2. The highest BCUT2D eigenvalue weighted by Crippen LogP contribution is 2.30. The van der Waals surface area contributed by atoms with Crippen molar-refractivity contribution in [1.82, 2.24) is 4.98 Å². The number of amides is 1. The second-order valence-electron chi connectivity index (χ2n) is 6.68. The van der Waals surface area contributed by atoms with Crippen LogP contribution in [-0.4, -0.2) is 10.9 Å².